The van der Waals surface area contributed by atoms with Gasteiger partial charge in [0.25, 0.3) is 0 Å². The number of methoxy groups -OCH3 is 2. The van der Waals surface area contributed by atoms with Crippen LogP contribution in [0.5, 0.6) is 0 Å². The Labute approximate surface area is 113 Å². The van der Waals surface area contributed by atoms with Crippen molar-refractivity contribution in [3.05, 3.63) is 71.8 Å². The summed E-state index contributed by atoms with van der Waals surface area (Å²) in [5.74, 6) is 0. The molecular weight excluding hydrogens is 240 g/mol. The SMILES string of the molecule is CO[C@H](O[C@@H](OC)c1ccccc1)c1ccccc1. The van der Waals surface area contributed by atoms with E-state index in [2.05, 4.69) is 0 Å². The van der Waals surface area contributed by atoms with Gasteiger partial charge in [0.05, 0.1) is 0 Å². The van der Waals surface area contributed by atoms with Crippen molar-refractivity contribution in [3.63, 3.8) is 0 Å². The molecule has 3 nitrogen and oxygen atoms in total. The van der Waals surface area contributed by atoms with Gasteiger partial charge in [-0.2, -0.15) is 0 Å². The molecule has 0 aliphatic rings. The number of ether oxygens (including phenoxy) is 3. The maximum absolute atomic E-state index is 5.88. The topological polar surface area (TPSA) is 27.7 Å². The van der Waals surface area contributed by atoms with Crippen LogP contribution in [0.25, 0.3) is 0 Å². The zero-order chi connectivity index (χ0) is 13.5. The Hall–Kier alpha value is -1.68. The molecule has 2 aromatic carbocycles. The summed E-state index contributed by atoms with van der Waals surface area (Å²) >= 11 is 0. The second kappa shape index (κ2) is 7.04. The molecule has 2 atom stereocenters. The van der Waals surface area contributed by atoms with Crippen LogP contribution >= 0.6 is 0 Å². The van der Waals surface area contributed by atoms with E-state index in [4.69, 9.17) is 14.2 Å². The molecular formula is C16H18O3. The molecule has 2 rings (SSSR count). The van der Waals surface area contributed by atoms with Gasteiger partial charge in [-0.25, -0.2) is 0 Å². The Balaban J connectivity index is 2.13. The van der Waals surface area contributed by atoms with Gasteiger partial charge >= 0.3 is 0 Å². The Morgan fingerprint density at radius 3 is 1.32 bits per heavy atom. The van der Waals surface area contributed by atoms with Crippen molar-refractivity contribution < 1.29 is 14.2 Å². The monoisotopic (exact) mass is 258 g/mol. The van der Waals surface area contributed by atoms with Crippen LogP contribution < -0.4 is 0 Å². The van der Waals surface area contributed by atoms with Gasteiger partial charge in [-0.15, -0.1) is 0 Å². The van der Waals surface area contributed by atoms with E-state index in [1.807, 2.05) is 60.7 Å². The first-order valence-electron chi connectivity index (χ1n) is 6.16. The fourth-order valence-electron chi connectivity index (χ4n) is 1.87. The molecule has 0 amide bonds. The van der Waals surface area contributed by atoms with Crippen molar-refractivity contribution in [2.45, 2.75) is 12.6 Å². The van der Waals surface area contributed by atoms with Crippen molar-refractivity contribution in [2.75, 3.05) is 14.2 Å². The molecule has 0 saturated heterocycles. The highest BCUT2D eigenvalue weighted by molar-refractivity contribution is 5.18. The fourth-order valence-corrected chi connectivity index (χ4v) is 1.87. The molecule has 100 valence electrons. The highest BCUT2D eigenvalue weighted by Crippen LogP contribution is 2.27. The van der Waals surface area contributed by atoms with Crippen molar-refractivity contribution in [1.82, 2.24) is 0 Å². The maximum Gasteiger partial charge on any atom is 0.186 e. The van der Waals surface area contributed by atoms with Gasteiger partial charge in [0.2, 0.25) is 0 Å². The standard InChI is InChI=1S/C16H18O3/c1-17-15(13-9-5-3-6-10-13)19-16(18-2)14-11-7-4-8-12-14/h3-12,15-16H,1-2H3/t15-,16-/m1/s1. The second-order valence-electron chi connectivity index (χ2n) is 4.09. The molecule has 0 bridgehead atoms. The molecule has 3 heteroatoms. The third kappa shape index (κ3) is 3.64. The van der Waals surface area contributed by atoms with Crippen LogP contribution in [0.2, 0.25) is 0 Å². The maximum atomic E-state index is 5.88. The van der Waals surface area contributed by atoms with Crippen LogP contribution in [0.4, 0.5) is 0 Å². The highest BCUT2D eigenvalue weighted by Gasteiger charge is 2.18. The molecule has 0 aromatic heterocycles. The van der Waals surface area contributed by atoms with Crippen molar-refractivity contribution >= 4 is 0 Å². The van der Waals surface area contributed by atoms with E-state index in [9.17, 15) is 0 Å². The van der Waals surface area contributed by atoms with Gasteiger partial charge in [0.1, 0.15) is 0 Å². The summed E-state index contributed by atoms with van der Waals surface area (Å²) in [5.41, 5.74) is 1.92. The molecule has 0 radical (unpaired) electrons. The number of benzene rings is 2. The molecule has 0 N–H and O–H groups in total. The fraction of sp³-hybridized carbons (Fsp3) is 0.250. The van der Waals surface area contributed by atoms with Crippen LogP contribution in [-0.2, 0) is 14.2 Å². The molecule has 0 spiro atoms. The zero-order valence-electron chi connectivity index (χ0n) is 11.2. The minimum Gasteiger partial charge on any atom is -0.352 e. The summed E-state index contributed by atoms with van der Waals surface area (Å²) in [6, 6.07) is 19.6. The average molecular weight is 258 g/mol. The molecule has 0 aliphatic heterocycles. The number of hydrogen-bond donors (Lipinski definition) is 0. The second-order valence-corrected chi connectivity index (χ2v) is 4.09. The predicted octanol–water partition coefficient (Wildman–Crippen LogP) is 3.69. The van der Waals surface area contributed by atoms with Crippen LogP contribution in [0.1, 0.15) is 23.7 Å². The van der Waals surface area contributed by atoms with E-state index >= 15 is 0 Å². The van der Waals surface area contributed by atoms with Crippen LogP contribution in [0.3, 0.4) is 0 Å². The number of hydrogen-bond acceptors (Lipinski definition) is 3. The van der Waals surface area contributed by atoms with E-state index in [0.717, 1.165) is 11.1 Å². The van der Waals surface area contributed by atoms with Crippen LogP contribution in [-0.4, -0.2) is 14.2 Å². The predicted molar refractivity (Wildman–Crippen MR) is 73.5 cm³/mol. The van der Waals surface area contributed by atoms with E-state index in [-0.39, 0.29) is 0 Å². The zero-order valence-corrected chi connectivity index (χ0v) is 11.2. The van der Waals surface area contributed by atoms with E-state index in [1.54, 1.807) is 14.2 Å². The first-order valence-corrected chi connectivity index (χ1v) is 6.16. The molecule has 0 aliphatic carbocycles. The summed E-state index contributed by atoms with van der Waals surface area (Å²) in [6.07, 6.45) is -0.905. The largest absolute Gasteiger partial charge is 0.352 e. The van der Waals surface area contributed by atoms with E-state index in [1.165, 1.54) is 0 Å². The first-order chi connectivity index (χ1) is 9.35. The molecule has 0 saturated carbocycles. The molecule has 0 fully saturated rings. The van der Waals surface area contributed by atoms with Gasteiger partial charge in [-0.05, 0) is 0 Å². The van der Waals surface area contributed by atoms with Gasteiger partial charge < -0.3 is 14.2 Å². The summed E-state index contributed by atoms with van der Waals surface area (Å²) in [7, 11) is 3.24. The van der Waals surface area contributed by atoms with Crippen molar-refractivity contribution in [2.24, 2.45) is 0 Å². The Morgan fingerprint density at radius 2 is 1.00 bits per heavy atom. The normalized spacial score (nSPS) is 14.0. The minimum absolute atomic E-state index is 0.452. The lowest BCUT2D eigenvalue weighted by Crippen LogP contribution is -2.13. The smallest absolute Gasteiger partial charge is 0.186 e. The van der Waals surface area contributed by atoms with Crippen molar-refractivity contribution in [1.29, 1.82) is 0 Å². The van der Waals surface area contributed by atoms with Crippen LogP contribution in [0.15, 0.2) is 60.7 Å². The molecule has 0 unspecified atom stereocenters. The highest BCUT2D eigenvalue weighted by atomic mass is 16.8. The summed E-state index contributed by atoms with van der Waals surface area (Å²) < 4.78 is 16.7. The molecule has 19 heavy (non-hydrogen) atoms. The van der Waals surface area contributed by atoms with Gasteiger partial charge in [0.15, 0.2) is 12.6 Å². The van der Waals surface area contributed by atoms with Crippen molar-refractivity contribution in [3.8, 4) is 0 Å². The summed E-state index contributed by atoms with van der Waals surface area (Å²) in [6.45, 7) is 0. The van der Waals surface area contributed by atoms with Gasteiger partial charge in [-0.3, -0.25) is 0 Å². The quantitative estimate of drug-likeness (QED) is 0.739. The lowest BCUT2D eigenvalue weighted by atomic mass is 10.2. The lowest BCUT2D eigenvalue weighted by molar-refractivity contribution is -0.237. The first kappa shape index (κ1) is 13.7. The summed E-state index contributed by atoms with van der Waals surface area (Å²) in [4.78, 5) is 0. The molecule has 2 aromatic rings. The molecule has 0 heterocycles. The van der Waals surface area contributed by atoms with Crippen LogP contribution in [0, 0.1) is 0 Å². The lowest BCUT2D eigenvalue weighted by Gasteiger charge is -2.23. The van der Waals surface area contributed by atoms with E-state index < -0.39 is 12.6 Å². The third-order valence-corrected chi connectivity index (χ3v) is 2.82. The minimum atomic E-state index is -0.452. The van der Waals surface area contributed by atoms with Gasteiger partial charge in [-0.1, -0.05) is 60.7 Å². The Morgan fingerprint density at radius 1 is 0.632 bits per heavy atom. The number of rotatable bonds is 6. The van der Waals surface area contributed by atoms with E-state index in [0.29, 0.717) is 0 Å². The Bertz CT molecular complexity index is 424. The summed E-state index contributed by atoms with van der Waals surface area (Å²) in [5, 5.41) is 0. The van der Waals surface area contributed by atoms with Gasteiger partial charge in [0, 0.05) is 25.3 Å². The third-order valence-electron chi connectivity index (χ3n) is 2.82. The Kier molecular flexibility index (Phi) is 5.10. The average Bonchev–Trinajstić information content (AvgIpc) is 2.50.